The summed E-state index contributed by atoms with van der Waals surface area (Å²) in [5.41, 5.74) is -5.34. The van der Waals surface area contributed by atoms with E-state index in [2.05, 4.69) is 26.8 Å². The SMILES string of the molecule is CC[C@H](C)[C@H](C[C@H](O)CC(=O)O[C@@H]1C(C)O[C@@H](OC(=O)[C@]23CCC(C)(C)CC2C2=CCC4[C@@]5(C)CC[C@H](O[C@@H]6OC(C(=O)O)[C@H](O)C(O[C@@H]7OC[C@@H](O)C(O)C7O)[C@H]6O[C@@H]6OC(CO)[C@H](O)C(O)C6O)[C@@](C)(C=O)C5CC[C@@]4(C)[C@]2(C)C[C@H]3O)C(O[C@@H]2OC(C)[C@H](O[C@H]3OCC(O)[C@H](O)C3O)C(O)C2O)C1O)OC(=O)C[C@@H](O)C[C@H](O[C@@H]1O[C@@H](CO)C(O)C1CO)[C@@H](C)CC. The van der Waals surface area contributed by atoms with E-state index in [0.717, 1.165) is 11.9 Å². The second-order valence-electron chi connectivity index (χ2n) is 40.5. The molecule has 746 valence electrons. The van der Waals surface area contributed by atoms with Gasteiger partial charge in [0.2, 0.25) is 6.29 Å². The van der Waals surface area contributed by atoms with E-state index in [-0.39, 0.29) is 43.9 Å². The van der Waals surface area contributed by atoms with Crippen LogP contribution in [0, 0.1) is 68.0 Å². The van der Waals surface area contributed by atoms with Crippen LogP contribution in [0.1, 0.15) is 179 Å². The maximum absolute atomic E-state index is 16.3. The third kappa shape index (κ3) is 20.3. The van der Waals surface area contributed by atoms with E-state index < -0.39 is 353 Å². The van der Waals surface area contributed by atoms with Crippen LogP contribution in [-0.2, 0) is 99.8 Å². The second-order valence-corrected chi connectivity index (χ2v) is 40.5. The highest BCUT2D eigenvalue weighted by molar-refractivity contribution is 5.80. The predicted octanol–water partition coefficient (Wildman–Crippen LogP) is -3.90. The van der Waals surface area contributed by atoms with Crippen LogP contribution in [-0.4, -0.2) is 398 Å². The summed E-state index contributed by atoms with van der Waals surface area (Å²) in [6.45, 7) is 19.0. The molecule has 7 heterocycles. The molecule has 11 fully saturated rings. The van der Waals surface area contributed by atoms with Gasteiger partial charge >= 0.3 is 23.9 Å². The molecule has 20 unspecified atom stereocenters. The summed E-state index contributed by atoms with van der Waals surface area (Å²) in [6, 6.07) is 0. The summed E-state index contributed by atoms with van der Waals surface area (Å²) in [7, 11) is 0. The normalized spacial score (nSPS) is 48.1. The van der Waals surface area contributed by atoms with Gasteiger partial charge in [0.1, 0.15) is 128 Å². The average molecular weight is 1870 g/mol. The van der Waals surface area contributed by atoms with Crippen LogP contribution in [0.25, 0.3) is 0 Å². The van der Waals surface area contributed by atoms with E-state index in [9.17, 15) is 126 Å². The van der Waals surface area contributed by atoms with Gasteiger partial charge in [0.05, 0.1) is 106 Å². The van der Waals surface area contributed by atoms with Crippen LogP contribution in [0.15, 0.2) is 11.6 Å². The molecule has 12 aliphatic rings. The number of aliphatic carboxylic acids is 1. The second kappa shape index (κ2) is 42.0. The molecule has 5 aliphatic carbocycles. The van der Waals surface area contributed by atoms with Crippen molar-refractivity contribution in [2.45, 2.75) is 407 Å². The number of carboxylic acids is 1. The Kier molecular flexibility index (Phi) is 33.8. The molecule has 21 N–H and O–H groups in total. The minimum Gasteiger partial charge on any atom is -0.479 e. The highest BCUT2D eigenvalue weighted by Gasteiger charge is 2.74. The average Bonchev–Trinajstić information content (AvgIpc) is 0.779. The summed E-state index contributed by atoms with van der Waals surface area (Å²) < 4.78 is 97.0. The van der Waals surface area contributed by atoms with E-state index in [1.54, 1.807) is 20.8 Å². The predicted molar refractivity (Wildman–Crippen MR) is 436 cm³/mol. The Morgan fingerprint density at radius 1 is 0.508 bits per heavy atom. The molecule has 0 aromatic rings. The fourth-order valence-electron chi connectivity index (χ4n) is 23.2. The van der Waals surface area contributed by atoms with Gasteiger partial charge in [-0.3, -0.25) is 14.4 Å². The van der Waals surface area contributed by atoms with Crippen LogP contribution in [0.2, 0.25) is 0 Å². The number of rotatable bonds is 33. The number of carboxylic acid groups (broad SMARTS) is 1. The molecule has 0 spiro atoms. The molecule has 4 saturated carbocycles. The van der Waals surface area contributed by atoms with Crippen LogP contribution in [0.3, 0.4) is 0 Å². The molecule has 0 aromatic heterocycles. The molecule has 7 saturated heterocycles. The first-order chi connectivity index (χ1) is 61.1. The van der Waals surface area contributed by atoms with Gasteiger partial charge in [-0.05, 0) is 123 Å². The van der Waals surface area contributed by atoms with Crippen molar-refractivity contribution in [2.24, 2.45) is 68.0 Å². The van der Waals surface area contributed by atoms with Crippen molar-refractivity contribution in [3.63, 3.8) is 0 Å². The number of ether oxygens (including phenoxy) is 16. The van der Waals surface area contributed by atoms with E-state index in [0.29, 0.717) is 51.4 Å². The highest BCUT2D eigenvalue weighted by Crippen LogP contribution is 2.76. The molecule has 0 amide bonds. The summed E-state index contributed by atoms with van der Waals surface area (Å²) in [6.07, 6.45) is -59.1. The fourth-order valence-corrected chi connectivity index (χ4v) is 23.2. The Morgan fingerprint density at radius 2 is 1.05 bits per heavy atom. The first-order valence-corrected chi connectivity index (χ1v) is 45.9. The number of carbonyl (C=O) groups excluding carboxylic acids is 4. The monoisotopic (exact) mass is 1870 g/mol. The lowest BCUT2D eigenvalue weighted by Crippen LogP contribution is -2.69. The number of aliphatic hydroxyl groups is 20. The summed E-state index contributed by atoms with van der Waals surface area (Å²) in [5.74, 6) is -7.91. The number of aldehydes is 1. The number of carbonyl (C=O) groups is 5. The van der Waals surface area contributed by atoms with Crippen molar-refractivity contribution in [3.8, 4) is 0 Å². The molecule has 130 heavy (non-hydrogen) atoms. The van der Waals surface area contributed by atoms with Gasteiger partial charge in [-0.25, -0.2) is 4.79 Å². The van der Waals surface area contributed by atoms with Gasteiger partial charge in [-0.2, -0.15) is 0 Å². The van der Waals surface area contributed by atoms with Gasteiger partial charge in [-0.15, -0.1) is 0 Å². The number of aliphatic hydroxyl groups excluding tert-OH is 20. The Hall–Kier alpha value is -4.03. The minimum absolute atomic E-state index is 0.0329. The molecule has 42 heteroatoms. The van der Waals surface area contributed by atoms with Crippen LogP contribution >= 0.6 is 0 Å². The molecule has 48 atom stereocenters. The lowest BCUT2D eigenvalue weighted by atomic mass is 9.33. The minimum atomic E-state index is -2.25. The van der Waals surface area contributed by atoms with E-state index in [4.69, 9.17) is 75.8 Å². The molecule has 0 bridgehead atoms. The van der Waals surface area contributed by atoms with Crippen molar-refractivity contribution in [2.75, 3.05) is 33.0 Å². The molecule has 42 nitrogen and oxygen atoms in total. The molecule has 7 aliphatic heterocycles. The Bertz CT molecular complexity index is 3810. The maximum atomic E-state index is 16.3. The highest BCUT2D eigenvalue weighted by atomic mass is 16.8. The quantitative estimate of drug-likeness (QED) is 0.00982. The zero-order valence-corrected chi connectivity index (χ0v) is 75.6. The van der Waals surface area contributed by atoms with Gasteiger partial charge in [0, 0.05) is 12.8 Å². The van der Waals surface area contributed by atoms with Gasteiger partial charge in [0.15, 0.2) is 56.1 Å². The number of allylic oxidation sites excluding steroid dienone is 2. The van der Waals surface area contributed by atoms with Crippen LogP contribution in [0.4, 0.5) is 0 Å². The van der Waals surface area contributed by atoms with Crippen LogP contribution in [0.5, 0.6) is 0 Å². The first kappa shape index (κ1) is 105. The number of hydrogen-bond donors (Lipinski definition) is 21. The standard InChI is InChI=1S/C88H142O42/c1-13-35(3)46(119-54(98)25-40(94)24-47(36(4)14-2)120-75-41(29-89)56(100)48(30-90)121-75)23-39(93)26-55(99)124-69-38(6)118-80(72(66(69)110)128-78-65(109)61(105)68(37(5)117-78)125-76-62(106)57(101)44(95)32-115-76)130-82(114)88-22-21-83(7,8)27-43(88)42-15-16-51-84(9)19-18-53(85(10,34-92)50(84)17-20-86(51,11)87(42,12)28-52(88)97)123-81-73(129-79-64(108)60(104)59(103)49(31-91)122-79)70(67(111)71(127-81)74(112)113)126-77-63(107)58(102)45(96)33-116-77/h15,34-41,43-53,56-73,75-81,89-91,93-97,100-111H,13-14,16-33H2,1-12H3,(H,112,113)/t35-,36-,37?,38?,39-,40-,41?,43?,44?,45+,46-,47-,48-,49?,50?,51?,52+,53-,56?,57-,58?,59-,60?,61?,62?,63?,64?,65?,66?,67+,68-,69+,70?,71?,72?,73+,75+,76+,77-,78-,79-,80-,81+,84-,85-,86+,87+,88+/m0/s1. The Morgan fingerprint density at radius 3 is 1.65 bits per heavy atom. The zero-order valence-electron chi connectivity index (χ0n) is 75.6. The molecular weight excluding hydrogens is 1730 g/mol. The van der Waals surface area contributed by atoms with E-state index >= 15 is 4.79 Å². The van der Waals surface area contributed by atoms with Gasteiger partial charge in [-0.1, -0.05) is 93.7 Å². The number of hydrogen-bond acceptors (Lipinski definition) is 41. The Labute approximate surface area is 753 Å². The van der Waals surface area contributed by atoms with Crippen molar-refractivity contribution in [1.29, 1.82) is 0 Å². The summed E-state index contributed by atoms with van der Waals surface area (Å²) >= 11 is 0. The van der Waals surface area contributed by atoms with Gasteiger partial charge < -0.3 is 188 Å². The van der Waals surface area contributed by atoms with Crippen molar-refractivity contribution < 1.29 is 207 Å². The van der Waals surface area contributed by atoms with Crippen molar-refractivity contribution in [3.05, 3.63) is 11.6 Å². The summed E-state index contributed by atoms with van der Waals surface area (Å²) in [5, 5.41) is 233. The lowest BCUT2D eigenvalue weighted by Gasteiger charge is -2.71. The third-order valence-electron chi connectivity index (χ3n) is 31.8. The van der Waals surface area contributed by atoms with E-state index in [1.807, 2.05) is 27.7 Å². The molecule has 12 rings (SSSR count). The topological polar surface area (TPSA) is 658 Å². The first-order valence-electron chi connectivity index (χ1n) is 45.9. The van der Waals surface area contributed by atoms with Gasteiger partial charge in [0.25, 0.3) is 0 Å². The summed E-state index contributed by atoms with van der Waals surface area (Å²) in [4.78, 5) is 71.8. The lowest BCUT2D eigenvalue weighted by molar-refractivity contribution is -0.391. The largest absolute Gasteiger partial charge is 0.479 e. The Balaban J connectivity index is 0.784. The fraction of sp³-hybridized carbons (Fsp3) is 0.920. The number of fused-ring (bicyclic) bond motifs is 7. The molecule has 0 radical (unpaired) electrons. The zero-order chi connectivity index (χ0) is 95.6. The molecule has 0 aromatic carbocycles. The van der Waals surface area contributed by atoms with Crippen molar-refractivity contribution in [1.82, 2.24) is 0 Å². The molecular formula is C88H142O42. The number of esters is 3. The third-order valence-corrected chi connectivity index (χ3v) is 31.8. The smallest absolute Gasteiger partial charge is 0.335 e. The van der Waals surface area contributed by atoms with Crippen LogP contribution < -0.4 is 0 Å². The maximum Gasteiger partial charge on any atom is 0.335 e. The van der Waals surface area contributed by atoms with E-state index in [1.165, 1.54) is 13.8 Å². The van der Waals surface area contributed by atoms with Crippen molar-refractivity contribution >= 4 is 30.2 Å².